The second kappa shape index (κ2) is 6.36. The Morgan fingerprint density at radius 1 is 1.50 bits per heavy atom. The van der Waals surface area contributed by atoms with Crippen LogP contribution in [0.25, 0.3) is 0 Å². The molecule has 0 aromatic rings. The molecule has 0 N–H and O–H groups in total. The van der Waals surface area contributed by atoms with Gasteiger partial charge in [-0.3, -0.25) is 6.08 Å². The molecule has 0 saturated heterocycles. The molecule has 4 heteroatoms. The summed E-state index contributed by atoms with van der Waals surface area (Å²) in [6.07, 6.45) is 8.67. The monoisotopic (exact) mass is 301 g/mol. The van der Waals surface area contributed by atoms with Gasteiger partial charge in [0.15, 0.2) is 8.32 Å². The summed E-state index contributed by atoms with van der Waals surface area (Å²) in [7, 11) is -1.86. The number of hydrogen-bond acceptors (Lipinski definition) is 1. The van der Waals surface area contributed by atoms with Crippen LogP contribution >= 0.6 is 0 Å². The topological polar surface area (TPSA) is 9.23 Å². The third-order valence-corrected chi connectivity index (χ3v) is 9.89. The van der Waals surface area contributed by atoms with Crippen molar-refractivity contribution in [2.45, 2.75) is 38.9 Å². The van der Waals surface area contributed by atoms with Crippen LogP contribution in [0.3, 0.4) is 0 Å². The predicted molar refractivity (Wildman–Crippen MR) is 62.7 cm³/mol. The molecule has 0 aromatic heterocycles. The molecule has 0 aliphatic heterocycles. The van der Waals surface area contributed by atoms with Crippen LogP contribution in [-0.4, -0.2) is 18.1 Å². The van der Waals surface area contributed by atoms with Crippen LogP contribution in [0.2, 0.25) is 18.6 Å². The molecule has 78 valence electrons. The van der Waals surface area contributed by atoms with Gasteiger partial charge in [0.25, 0.3) is 0 Å². The van der Waals surface area contributed by atoms with Crippen molar-refractivity contribution in [3.05, 3.63) is 23.4 Å². The van der Waals surface area contributed by atoms with Crippen LogP contribution in [0.15, 0.2) is 17.3 Å². The van der Waals surface area contributed by atoms with Crippen molar-refractivity contribution >= 4 is 18.1 Å². The third-order valence-electron chi connectivity index (χ3n) is 2.76. The molecule has 0 heterocycles. The molecule has 1 rings (SSSR count). The molecule has 0 spiro atoms. The van der Waals surface area contributed by atoms with Crippen molar-refractivity contribution < 1.29 is 30.3 Å². The Morgan fingerprint density at radius 3 is 2.57 bits per heavy atom. The molecule has 1 aliphatic carbocycles. The Morgan fingerprint density at radius 2 is 2.14 bits per heavy atom. The van der Waals surface area contributed by atoms with E-state index in [1.165, 1.54) is 5.20 Å². The largest absolute Gasteiger partial charge is 0.459 e. The SMILES string of the molecule is CC(C)[Si](C)(C)O[SiH2]C1=[C-]CC=C1.[Zr]. The molecule has 0 atom stereocenters. The van der Waals surface area contributed by atoms with Crippen molar-refractivity contribution in [3.63, 3.8) is 0 Å². The smallest absolute Gasteiger partial charge is 0.175 e. The van der Waals surface area contributed by atoms with Gasteiger partial charge in [-0.15, -0.1) is 6.42 Å². The summed E-state index contributed by atoms with van der Waals surface area (Å²) in [4.78, 5) is 0. The van der Waals surface area contributed by atoms with Gasteiger partial charge in [-0.2, -0.15) is 6.08 Å². The van der Waals surface area contributed by atoms with Crippen LogP contribution in [0.4, 0.5) is 0 Å². The standard InChI is InChI=1S/C10H19OSi2.Zr/c1-9(2)13(3,4)11-12-10-7-5-6-8-10;/h5,7,9H,6,12H2,1-4H3;/q-1;. The summed E-state index contributed by atoms with van der Waals surface area (Å²) in [6.45, 7) is 9.15. The van der Waals surface area contributed by atoms with Gasteiger partial charge >= 0.3 is 0 Å². The van der Waals surface area contributed by atoms with E-state index < -0.39 is 18.1 Å². The first-order valence-corrected chi connectivity index (χ1v) is 9.19. The van der Waals surface area contributed by atoms with Gasteiger partial charge in [-0.05, 0) is 18.6 Å². The van der Waals surface area contributed by atoms with Crippen molar-refractivity contribution in [1.29, 1.82) is 0 Å². The van der Waals surface area contributed by atoms with Crippen LogP contribution < -0.4 is 0 Å². The summed E-state index contributed by atoms with van der Waals surface area (Å²) in [5.74, 6) is 0. The Hall–Kier alpha value is 0.757. The maximum Gasteiger partial charge on any atom is 0.175 e. The molecule has 0 radical (unpaired) electrons. The minimum atomic E-state index is -1.38. The van der Waals surface area contributed by atoms with E-state index in [0.717, 1.165) is 6.42 Å². The third kappa shape index (κ3) is 4.52. The summed E-state index contributed by atoms with van der Waals surface area (Å²) in [6, 6.07) is 0. The Bertz CT molecular complexity index is 234. The first kappa shape index (κ1) is 14.8. The number of hydrogen-bond donors (Lipinski definition) is 0. The van der Waals surface area contributed by atoms with E-state index in [1.807, 2.05) is 0 Å². The average Bonchev–Trinajstić information content (AvgIpc) is 2.52. The summed E-state index contributed by atoms with van der Waals surface area (Å²) in [5.41, 5.74) is 0.714. The second-order valence-electron chi connectivity index (χ2n) is 4.36. The molecule has 14 heavy (non-hydrogen) atoms. The molecule has 1 aliphatic rings. The van der Waals surface area contributed by atoms with Crippen molar-refractivity contribution in [3.8, 4) is 0 Å². The van der Waals surface area contributed by atoms with Crippen molar-refractivity contribution in [2.75, 3.05) is 0 Å². The second-order valence-corrected chi connectivity index (χ2v) is 10.9. The van der Waals surface area contributed by atoms with Gasteiger partial charge in [0.05, 0.1) is 0 Å². The Kier molecular flexibility index (Phi) is 6.71. The zero-order valence-electron chi connectivity index (χ0n) is 9.55. The molecule has 0 saturated carbocycles. The fraction of sp³-hybridized carbons (Fsp3) is 0.600. The van der Waals surface area contributed by atoms with E-state index in [1.54, 1.807) is 0 Å². The molecular weight excluding hydrogens is 284 g/mol. The Labute approximate surface area is 110 Å². The van der Waals surface area contributed by atoms with Gasteiger partial charge in [-0.1, -0.05) is 13.8 Å². The molecule has 0 unspecified atom stereocenters. The molecular formula is C10H19OSi2Zr-. The van der Waals surface area contributed by atoms with Crippen molar-refractivity contribution in [1.82, 2.24) is 0 Å². The minimum absolute atomic E-state index is 0. The molecule has 0 fully saturated rings. The first-order valence-electron chi connectivity index (χ1n) is 4.92. The van der Waals surface area contributed by atoms with E-state index in [2.05, 4.69) is 45.2 Å². The van der Waals surface area contributed by atoms with E-state index in [-0.39, 0.29) is 26.2 Å². The van der Waals surface area contributed by atoms with Crippen LogP contribution in [-0.2, 0) is 30.3 Å². The number of allylic oxidation sites excluding steroid dienone is 4. The summed E-state index contributed by atoms with van der Waals surface area (Å²) < 4.78 is 6.10. The van der Waals surface area contributed by atoms with Crippen LogP contribution in [0.1, 0.15) is 20.3 Å². The van der Waals surface area contributed by atoms with Crippen molar-refractivity contribution in [2.24, 2.45) is 0 Å². The molecule has 0 bridgehead atoms. The summed E-state index contributed by atoms with van der Waals surface area (Å²) >= 11 is 0. The first-order chi connectivity index (χ1) is 6.02. The van der Waals surface area contributed by atoms with Gasteiger partial charge < -0.3 is 4.12 Å². The zero-order valence-corrected chi connectivity index (χ0v) is 14.4. The molecule has 1 nitrogen and oxygen atoms in total. The fourth-order valence-electron chi connectivity index (χ4n) is 0.980. The average molecular weight is 303 g/mol. The molecule has 0 amide bonds. The fourth-order valence-corrected chi connectivity index (χ4v) is 4.93. The van der Waals surface area contributed by atoms with E-state index in [4.69, 9.17) is 4.12 Å². The summed E-state index contributed by atoms with van der Waals surface area (Å²) in [5, 5.41) is 1.36. The maximum atomic E-state index is 6.10. The van der Waals surface area contributed by atoms with Gasteiger partial charge in [0, 0.05) is 26.2 Å². The van der Waals surface area contributed by atoms with E-state index >= 15 is 0 Å². The van der Waals surface area contributed by atoms with Crippen LogP contribution in [0, 0.1) is 6.08 Å². The zero-order chi connectivity index (χ0) is 9.90. The number of rotatable bonds is 4. The van der Waals surface area contributed by atoms with Gasteiger partial charge in [0.2, 0.25) is 0 Å². The molecule has 0 aromatic carbocycles. The predicted octanol–water partition coefficient (Wildman–Crippen LogP) is 2.35. The quantitative estimate of drug-likeness (QED) is 0.572. The van der Waals surface area contributed by atoms with Gasteiger partial charge in [0.1, 0.15) is 9.76 Å². The van der Waals surface area contributed by atoms with Gasteiger partial charge in [-0.25, -0.2) is 11.3 Å². The maximum absolute atomic E-state index is 6.10. The van der Waals surface area contributed by atoms with E-state index in [0.29, 0.717) is 5.54 Å². The normalized spacial score (nSPS) is 16.5. The van der Waals surface area contributed by atoms with Crippen LogP contribution in [0.5, 0.6) is 0 Å². The van der Waals surface area contributed by atoms with E-state index in [9.17, 15) is 0 Å². The Balaban J connectivity index is 0.00000169. The minimum Gasteiger partial charge on any atom is -0.459 e.